The maximum Gasteiger partial charge on any atom is 0.284 e. The van der Waals surface area contributed by atoms with Crippen molar-refractivity contribution in [1.82, 2.24) is 5.32 Å². The third-order valence-corrected chi connectivity index (χ3v) is 3.77. The van der Waals surface area contributed by atoms with E-state index in [2.05, 4.69) is 21.2 Å². The molecule has 0 aromatic heterocycles. The van der Waals surface area contributed by atoms with Crippen molar-refractivity contribution >= 4 is 27.5 Å². The van der Waals surface area contributed by atoms with Crippen molar-refractivity contribution in [2.75, 3.05) is 0 Å². The monoisotopic (exact) mass is 323 g/mol. The first-order valence-electron chi connectivity index (χ1n) is 5.68. The molecular formula is C12H10BrN3O3. The highest BCUT2D eigenvalue weighted by Gasteiger charge is 2.33. The molecule has 1 aromatic rings. The molecule has 1 aliphatic carbocycles. The lowest BCUT2D eigenvalue weighted by Crippen LogP contribution is -2.35. The number of nitro groups is 1. The van der Waals surface area contributed by atoms with Gasteiger partial charge in [-0.2, -0.15) is 5.26 Å². The van der Waals surface area contributed by atoms with Crippen LogP contribution in [0.4, 0.5) is 5.69 Å². The molecule has 1 N–H and O–H groups in total. The standard InChI is InChI=1S/C12H10BrN3O3/c13-11-8(2-1-3-10(11)16(18)19)12(17)15-9(6-14)7-4-5-7/h1-3,7,9H,4-5H2,(H,15,17). The van der Waals surface area contributed by atoms with Crippen molar-refractivity contribution < 1.29 is 9.72 Å². The van der Waals surface area contributed by atoms with Crippen LogP contribution in [-0.2, 0) is 0 Å². The number of carbonyl (C=O) groups is 1. The van der Waals surface area contributed by atoms with E-state index in [1.54, 1.807) is 0 Å². The van der Waals surface area contributed by atoms with Crippen LogP contribution < -0.4 is 5.32 Å². The highest BCUT2D eigenvalue weighted by Crippen LogP contribution is 2.33. The number of amides is 1. The number of carbonyl (C=O) groups excluding carboxylic acids is 1. The molecule has 1 saturated carbocycles. The summed E-state index contributed by atoms with van der Waals surface area (Å²) < 4.78 is 0.130. The third kappa shape index (κ3) is 2.90. The number of rotatable bonds is 4. The normalized spacial score (nSPS) is 15.4. The molecular weight excluding hydrogens is 314 g/mol. The lowest BCUT2D eigenvalue weighted by atomic mass is 10.1. The topological polar surface area (TPSA) is 96.0 Å². The molecule has 0 heterocycles. The molecule has 0 radical (unpaired) electrons. The second-order valence-electron chi connectivity index (χ2n) is 4.31. The Morgan fingerprint density at radius 3 is 2.79 bits per heavy atom. The summed E-state index contributed by atoms with van der Waals surface area (Å²) in [5.74, 6) is -0.277. The van der Waals surface area contributed by atoms with Crippen LogP contribution in [0.3, 0.4) is 0 Å². The van der Waals surface area contributed by atoms with Crippen molar-refractivity contribution in [3.63, 3.8) is 0 Å². The molecule has 2 rings (SSSR count). The van der Waals surface area contributed by atoms with Crippen LogP contribution in [0.1, 0.15) is 23.2 Å². The van der Waals surface area contributed by atoms with E-state index < -0.39 is 16.9 Å². The van der Waals surface area contributed by atoms with Crippen molar-refractivity contribution in [1.29, 1.82) is 5.26 Å². The molecule has 7 heteroatoms. The van der Waals surface area contributed by atoms with Gasteiger partial charge in [0.1, 0.15) is 10.5 Å². The molecule has 1 aromatic carbocycles. The van der Waals surface area contributed by atoms with Gasteiger partial charge in [-0.15, -0.1) is 0 Å². The van der Waals surface area contributed by atoms with E-state index in [4.69, 9.17) is 5.26 Å². The minimum atomic E-state index is -0.566. The molecule has 1 amide bonds. The lowest BCUT2D eigenvalue weighted by molar-refractivity contribution is -0.385. The van der Waals surface area contributed by atoms with Crippen LogP contribution in [0, 0.1) is 27.4 Å². The summed E-state index contributed by atoms with van der Waals surface area (Å²) in [5.41, 5.74) is -0.0114. The number of benzene rings is 1. The minimum absolute atomic E-state index is 0.130. The van der Waals surface area contributed by atoms with Crippen molar-refractivity contribution in [3.8, 4) is 6.07 Å². The van der Waals surface area contributed by atoms with Gasteiger partial charge in [0.05, 0.1) is 16.6 Å². The van der Waals surface area contributed by atoms with Crippen LogP contribution in [0.25, 0.3) is 0 Å². The van der Waals surface area contributed by atoms with Crippen LogP contribution in [0.15, 0.2) is 22.7 Å². The Kier molecular flexibility index (Phi) is 3.81. The minimum Gasteiger partial charge on any atom is -0.336 e. The van der Waals surface area contributed by atoms with Gasteiger partial charge in [0, 0.05) is 6.07 Å². The summed E-state index contributed by atoms with van der Waals surface area (Å²) in [6.07, 6.45) is 1.85. The molecule has 1 atom stereocenters. The summed E-state index contributed by atoms with van der Waals surface area (Å²) in [6, 6.07) is 5.74. The van der Waals surface area contributed by atoms with Gasteiger partial charge < -0.3 is 5.32 Å². The molecule has 19 heavy (non-hydrogen) atoms. The highest BCUT2D eigenvalue weighted by atomic mass is 79.9. The maximum atomic E-state index is 12.0. The summed E-state index contributed by atoms with van der Waals surface area (Å²) in [7, 11) is 0. The predicted octanol–water partition coefficient (Wildman–Crippen LogP) is 2.39. The van der Waals surface area contributed by atoms with Crippen molar-refractivity contribution in [2.45, 2.75) is 18.9 Å². The zero-order valence-corrected chi connectivity index (χ0v) is 11.4. The largest absolute Gasteiger partial charge is 0.336 e. The SMILES string of the molecule is N#CC(NC(=O)c1cccc([N+](=O)[O-])c1Br)C1CC1. The van der Waals surface area contributed by atoms with Gasteiger partial charge in [-0.05, 0) is 40.8 Å². The van der Waals surface area contributed by atoms with E-state index in [9.17, 15) is 14.9 Å². The van der Waals surface area contributed by atoms with Gasteiger partial charge in [-0.1, -0.05) is 6.07 Å². The average Bonchev–Trinajstić information content (AvgIpc) is 3.19. The zero-order valence-electron chi connectivity index (χ0n) is 9.80. The van der Waals surface area contributed by atoms with Crippen molar-refractivity contribution in [3.05, 3.63) is 38.3 Å². The van der Waals surface area contributed by atoms with Crippen LogP contribution in [-0.4, -0.2) is 16.9 Å². The summed E-state index contributed by atoms with van der Waals surface area (Å²) in [4.78, 5) is 22.2. The first-order chi connectivity index (χ1) is 9.04. The number of hydrogen-bond donors (Lipinski definition) is 1. The number of halogens is 1. The fourth-order valence-electron chi connectivity index (χ4n) is 1.74. The molecule has 1 fully saturated rings. The maximum absolute atomic E-state index is 12.0. The Morgan fingerprint density at radius 1 is 1.58 bits per heavy atom. The second kappa shape index (κ2) is 5.36. The predicted molar refractivity (Wildman–Crippen MR) is 70.4 cm³/mol. The Hall–Kier alpha value is -1.94. The van der Waals surface area contributed by atoms with Gasteiger partial charge >= 0.3 is 0 Å². The van der Waals surface area contributed by atoms with Gasteiger partial charge in [0.2, 0.25) is 0 Å². The Balaban J connectivity index is 2.22. The lowest BCUT2D eigenvalue weighted by Gasteiger charge is -2.11. The number of nitrogens with zero attached hydrogens (tertiary/aromatic N) is 2. The average molecular weight is 324 g/mol. The van der Waals surface area contributed by atoms with E-state index in [1.165, 1.54) is 18.2 Å². The van der Waals surface area contributed by atoms with E-state index in [0.717, 1.165) is 12.8 Å². The van der Waals surface area contributed by atoms with Crippen LogP contribution >= 0.6 is 15.9 Å². The molecule has 6 nitrogen and oxygen atoms in total. The smallest absolute Gasteiger partial charge is 0.284 e. The molecule has 0 bridgehead atoms. The first-order valence-corrected chi connectivity index (χ1v) is 6.47. The fourth-order valence-corrected chi connectivity index (χ4v) is 2.33. The van der Waals surface area contributed by atoms with Gasteiger partial charge in [-0.3, -0.25) is 14.9 Å². The van der Waals surface area contributed by atoms with Gasteiger partial charge in [0.15, 0.2) is 0 Å². The highest BCUT2D eigenvalue weighted by molar-refractivity contribution is 9.10. The number of nitrogens with one attached hydrogen (secondary N) is 1. The molecule has 1 unspecified atom stereocenters. The number of nitriles is 1. The van der Waals surface area contributed by atoms with E-state index in [0.29, 0.717) is 0 Å². The zero-order chi connectivity index (χ0) is 14.0. The quantitative estimate of drug-likeness (QED) is 0.679. The van der Waals surface area contributed by atoms with Crippen LogP contribution in [0.2, 0.25) is 0 Å². The fraction of sp³-hybridized carbons (Fsp3) is 0.333. The van der Waals surface area contributed by atoms with E-state index in [-0.39, 0.29) is 21.6 Å². The second-order valence-corrected chi connectivity index (χ2v) is 5.11. The summed E-state index contributed by atoms with van der Waals surface area (Å²) in [6.45, 7) is 0. The number of hydrogen-bond acceptors (Lipinski definition) is 4. The Labute approximate surface area is 117 Å². The first kappa shape index (κ1) is 13.5. The summed E-state index contributed by atoms with van der Waals surface area (Å²) in [5, 5.41) is 22.3. The molecule has 1 aliphatic rings. The Bertz CT molecular complexity index is 578. The van der Waals surface area contributed by atoms with E-state index in [1.807, 2.05) is 6.07 Å². The molecule has 98 valence electrons. The molecule has 0 aliphatic heterocycles. The van der Waals surface area contributed by atoms with E-state index >= 15 is 0 Å². The number of nitro benzene ring substituents is 1. The Morgan fingerprint density at radius 2 is 2.26 bits per heavy atom. The third-order valence-electron chi connectivity index (χ3n) is 2.94. The summed E-state index contributed by atoms with van der Waals surface area (Å²) >= 11 is 3.06. The van der Waals surface area contributed by atoms with Crippen LogP contribution in [0.5, 0.6) is 0 Å². The van der Waals surface area contributed by atoms with Gasteiger partial charge in [-0.25, -0.2) is 0 Å². The van der Waals surface area contributed by atoms with Crippen molar-refractivity contribution in [2.24, 2.45) is 5.92 Å². The molecule has 0 spiro atoms. The van der Waals surface area contributed by atoms with Gasteiger partial charge in [0.25, 0.3) is 11.6 Å². The molecule has 0 saturated heterocycles.